The lowest BCUT2D eigenvalue weighted by Gasteiger charge is -2.06. The van der Waals surface area contributed by atoms with E-state index in [1.165, 1.54) is 23.8 Å². The number of methoxy groups -OCH3 is 1. The van der Waals surface area contributed by atoms with E-state index in [0.29, 0.717) is 6.42 Å². The number of esters is 1. The van der Waals surface area contributed by atoms with Crippen LogP contribution in [0, 0.1) is 13.8 Å². The van der Waals surface area contributed by atoms with Crippen LogP contribution in [0.4, 0.5) is 0 Å². The third kappa shape index (κ3) is 4.70. The van der Waals surface area contributed by atoms with Crippen LogP contribution in [-0.4, -0.2) is 18.9 Å². The zero-order valence-corrected chi connectivity index (χ0v) is 11.3. The maximum absolute atomic E-state index is 11.6. The van der Waals surface area contributed by atoms with Crippen molar-refractivity contribution in [3.8, 4) is 0 Å². The van der Waals surface area contributed by atoms with E-state index in [0.717, 1.165) is 6.42 Å². The van der Waals surface area contributed by atoms with Crippen LogP contribution in [0.1, 0.15) is 36.0 Å². The summed E-state index contributed by atoms with van der Waals surface area (Å²) in [6, 6.07) is 6.25. The molecule has 0 saturated carbocycles. The molecule has 0 aliphatic rings. The number of aryl methyl sites for hydroxylation is 3. The first-order valence-corrected chi connectivity index (χ1v) is 6.17. The first-order chi connectivity index (χ1) is 8.52. The fourth-order valence-electron chi connectivity index (χ4n) is 1.81. The number of carbonyl (C=O) groups excluding carboxylic acids is 2. The first-order valence-electron chi connectivity index (χ1n) is 6.17. The molecule has 0 aromatic heterocycles. The normalized spacial score (nSPS) is 10.2. The van der Waals surface area contributed by atoms with E-state index in [1.54, 1.807) is 0 Å². The number of hydrogen-bond acceptors (Lipinski definition) is 3. The zero-order valence-electron chi connectivity index (χ0n) is 11.3. The molecular weight excluding hydrogens is 228 g/mol. The highest BCUT2D eigenvalue weighted by atomic mass is 16.5. The molecule has 0 unspecified atom stereocenters. The van der Waals surface area contributed by atoms with Gasteiger partial charge in [-0.2, -0.15) is 0 Å². The molecule has 0 amide bonds. The topological polar surface area (TPSA) is 43.4 Å². The Kier molecular flexibility index (Phi) is 5.56. The smallest absolute Gasteiger partial charge is 0.305 e. The minimum absolute atomic E-state index is 0.112. The highest BCUT2D eigenvalue weighted by Gasteiger charge is 2.08. The third-order valence-electron chi connectivity index (χ3n) is 3.01. The molecule has 18 heavy (non-hydrogen) atoms. The Hall–Kier alpha value is -1.64. The van der Waals surface area contributed by atoms with Crippen molar-refractivity contribution < 1.29 is 14.3 Å². The Labute approximate surface area is 108 Å². The van der Waals surface area contributed by atoms with E-state index in [1.807, 2.05) is 13.8 Å². The quantitative estimate of drug-likeness (QED) is 0.727. The largest absolute Gasteiger partial charge is 0.469 e. The minimum Gasteiger partial charge on any atom is -0.469 e. The van der Waals surface area contributed by atoms with Crippen LogP contribution >= 0.6 is 0 Å². The number of ether oxygens (including phenoxy) is 1. The van der Waals surface area contributed by atoms with Crippen molar-refractivity contribution >= 4 is 11.8 Å². The fraction of sp³-hybridized carbons (Fsp3) is 0.467. The molecule has 3 heteroatoms. The van der Waals surface area contributed by atoms with Crippen molar-refractivity contribution in [3.63, 3.8) is 0 Å². The average Bonchev–Trinajstić information content (AvgIpc) is 2.36. The van der Waals surface area contributed by atoms with Gasteiger partial charge in [-0.25, -0.2) is 0 Å². The van der Waals surface area contributed by atoms with Gasteiger partial charge in [0, 0.05) is 12.8 Å². The molecule has 0 radical (unpaired) electrons. The van der Waals surface area contributed by atoms with Gasteiger partial charge in [-0.05, 0) is 31.4 Å². The van der Waals surface area contributed by atoms with Crippen molar-refractivity contribution in [1.29, 1.82) is 0 Å². The van der Waals surface area contributed by atoms with Crippen LogP contribution < -0.4 is 0 Å². The van der Waals surface area contributed by atoms with Gasteiger partial charge in [0.15, 0.2) is 0 Å². The van der Waals surface area contributed by atoms with Crippen molar-refractivity contribution in [2.75, 3.05) is 7.11 Å². The highest BCUT2D eigenvalue weighted by molar-refractivity contribution is 5.83. The van der Waals surface area contributed by atoms with Crippen LogP contribution in [0.15, 0.2) is 18.2 Å². The molecule has 1 aromatic carbocycles. The predicted molar refractivity (Wildman–Crippen MR) is 70.5 cm³/mol. The molecule has 98 valence electrons. The maximum atomic E-state index is 11.6. The second-order valence-corrected chi connectivity index (χ2v) is 4.54. The van der Waals surface area contributed by atoms with Crippen molar-refractivity contribution in [3.05, 3.63) is 34.9 Å². The van der Waals surface area contributed by atoms with Crippen LogP contribution in [0.2, 0.25) is 0 Å². The van der Waals surface area contributed by atoms with E-state index < -0.39 is 0 Å². The van der Waals surface area contributed by atoms with Crippen molar-refractivity contribution in [1.82, 2.24) is 0 Å². The lowest BCUT2D eigenvalue weighted by molar-refractivity contribution is -0.141. The average molecular weight is 248 g/mol. The number of carbonyl (C=O) groups is 2. The molecule has 0 N–H and O–H groups in total. The second kappa shape index (κ2) is 6.94. The molecule has 0 fully saturated rings. The Bertz CT molecular complexity index is 435. The van der Waals surface area contributed by atoms with Gasteiger partial charge in [0.2, 0.25) is 0 Å². The Morgan fingerprint density at radius 2 is 1.83 bits per heavy atom. The minimum atomic E-state index is -0.324. The van der Waals surface area contributed by atoms with Gasteiger partial charge in [0.25, 0.3) is 0 Å². The lowest BCUT2D eigenvalue weighted by Crippen LogP contribution is -2.06. The summed E-state index contributed by atoms with van der Waals surface area (Å²) in [5, 5.41) is 0. The van der Waals surface area contributed by atoms with E-state index in [4.69, 9.17) is 0 Å². The molecule has 1 rings (SSSR count). The number of rotatable bonds is 6. The standard InChI is InChI=1S/C15H20O3/c1-11-4-5-12(2)13(10-11)6-7-14(16)8-9-15(17)18-3/h4-5,10H,6-9H2,1-3H3. The van der Waals surface area contributed by atoms with Crippen LogP contribution in [0.25, 0.3) is 0 Å². The number of benzene rings is 1. The van der Waals surface area contributed by atoms with Crippen LogP contribution in [0.3, 0.4) is 0 Å². The summed E-state index contributed by atoms with van der Waals surface area (Å²) in [6.07, 6.45) is 1.69. The molecule has 1 aromatic rings. The molecule has 0 heterocycles. The predicted octanol–water partition coefficient (Wildman–Crippen LogP) is 2.76. The molecule has 0 bridgehead atoms. The summed E-state index contributed by atoms with van der Waals surface area (Å²) in [6.45, 7) is 4.09. The van der Waals surface area contributed by atoms with Gasteiger partial charge in [-0.3, -0.25) is 9.59 Å². The fourth-order valence-corrected chi connectivity index (χ4v) is 1.81. The molecule has 0 aliphatic carbocycles. The SMILES string of the molecule is COC(=O)CCC(=O)CCc1cc(C)ccc1C. The summed E-state index contributed by atoms with van der Waals surface area (Å²) in [5.74, 6) is -0.212. The lowest BCUT2D eigenvalue weighted by atomic mass is 9.99. The molecule has 0 saturated heterocycles. The number of hydrogen-bond donors (Lipinski definition) is 0. The van der Waals surface area contributed by atoms with Gasteiger partial charge in [-0.1, -0.05) is 23.8 Å². The van der Waals surface area contributed by atoms with Gasteiger partial charge in [-0.15, -0.1) is 0 Å². The Balaban J connectivity index is 2.42. The number of Topliss-reactive ketones (excluding diaryl/α,β-unsaturated/α-hetero) is 1. The summed E-state index contributed by atoms with van der Waals surface area (Å²) in [4.78, 5) is 22.5. The van der Waals surface area contributed by atoms with Gasteiger partial charge in [0.05, 0.1) is 13.5 Å². The summed E-state index contributed by atoms with van der Waals surface area (Å²) in [5.41, 5.74) is 3.63. The molecule has 0 aliphatic heterocycles. The highest BCUT2D eigenvalue weighted by Crippen LogP contribution is 2.13. The molecular formula is C15H20O3. The van der Waals surface area contributed by atoms with Crippen molar-refractivity contribution in [2.45, 2.75) is 39.5 Å². The van der Waals surface area contributed by atoms with E-state index in [2.05, 4.69) is 22.9 Å². The second-order valence-electron chi connectivity index (χ2n) is 4.54. The van der Waals surface area contributed by atoms with Gasteiger partial charge < -0.3 is 4.74 Å². The van der Waals surface area contributed by atoms with Gasteiger partial charge in [0.1, 0.15) is 5.78 Å². The van der Waals surface area contributed by atoms with E-state index >= 15 is 0 Å². The van der Waals surface area contributed by atoms with E-state index in [9.17, 15) is 9.59 Å². The third-order valence-corrected chi connectivity index (χ3v) is 3.01. The summed E-state index contributed by atoms with van der Waals surface area (Å²) in [7, 11) is 1.34. The molecule has 3 nitrogen and oxygen atoms in total. The summed E-state index contributed by atoms with van der Waals surface area (Å²) < 4.78 is 4.51. The maximum Gasteiger partial charge on any atom is 0.305 e. The van der Waals surface area contributed by atoms with Crippen LogP contribution in [-0.2, 0) is 20.7 Å². The number of ketones is 1. The first kappa shape index (κ1) is 14.4. The monoisotopic (exact) mass is 248 g/mol. The Morgan fingerprint density at radius 1 is 1.11 bits per heavy atom. The molecule has 0 atom stereocenters. The van der Waals surface area contributed by atoms with Gasteiger partial charge >= 0.3 is 5.97 Å². The Morgan fingerprint density at radius 3 is 2.50 bits per heavy atom. The molecule has 0 spiro atoms. The van der Waals surface area contributed by atoms with E-state index in [-0.39, 0.29) is 24.6 Å². The summed E-state index contributed by atoms with van der Waals surface area (Å²) >= 11 is 0. The van der Waals surface area contributed by atoms with Crippen LogP contribution in [0.5, 0.6) is 0 Å². The van der Waals surface area contributed by atoms with Crippen molar-refractivity contribution in [2.24, 2.45) is 0 Å². The zero-order chi connectivity index (χ0) is 13.5.